The third-order valence-corrected chi connectivity index (χ3v) is 3.66. The molecule has 1 aromatic heterocycles. The number of rotatable bonds is 3. The summed E-state index contributed by atoms with van der Waals surface area (Å²) in [6.45, 7) is 1.98. The summed E-state index contributed by atoms with van der Waals surface area (Å²) < 4.78 is 0. The Balaban J connectivity index is 1.87. The van der Waals surface area contributed by atoms with Crippen molar-refractivity contribution in [1.82, 2.24) is 4.98 Å². The van der Waals surface area contributed by atoms with E-state index >= 15 is 0 Å². The molecule has 21 heavy (non-hydrogen) atoms. The van der Waals surface area contributed by atoms with Crippen LogP contribution >= 0.6 is 0 Å². The summed E-state index contributed by atoms with van der Waals surface area (Å²) in [6.07, 6.45) is 1.81. The molecule has 2 aromatic carbocycles. The number of benzene rings is 2. The van der Waals surface area contributed by atoms with Crippen LogP contribution in [0.1, 0.15) is 22.9 Å². The van der Waals surface area contributed by atoms with E-state index < -0.39 is 0 Å². The van der Waals surface area contributed by atoms with Gasteiger partial charge in [-0.15, -0.1) is 0 Å². The minimum absolute atomic E-state index is 0.114. The number of aryl methyl sites for hydroxylation is 1. The average Bonchev–Trinajstić information content (AvgIpc) is 2.55. The third kappa shape index (κ3) is 3.01. The molecule has 0 bridgehead atoms. The van der Waals surface area contributed by atoms with Gasteiger partial charge in [0.25, 0.3) is 0 Å². The summed E-state index contributed by atoms with van der Waals surface area (Å²) in [5.41, 5.74) is 12.0. The van der Waals surface area contributed by atoms with Gasteiger partial charge >= 0.3 is 0 Å². The van der Waals surface area contributed by atoms with Crippen LogP contribution < -0.4 is 5.73 Å². The smallest absolute Gasteiger partial charge is 0.0552 e. The van der Waals surface area contributed by atoms with Crippen molar-refractivity contribution < 1.29 is 0 Å². The number of pyridine rings is 1. The van der Waals surface area contributed by atoms with E-state index in [1.807, 2.05) is 31.3 Å². The molecule has 0 fully saturated rings. The highest BCUT2D eigenvalue weighted by Crippen LogP contribution is 2.24. The van der Waals surface area contributed by atoms with Crippen molar-refractivity contribution in [2.24, 2.45) is 5.73 Å². The second-order valence-corrected chi connectivity index (χ2v) is 5.20. The van der Waals surface area contributed by atoms with E-state index in [1.165, 1.54) is 11.1 Å². The molecule has 1 heterocycles. The predicted octanol–water partition coefficient (Wildman–Crippen LogP) is 4.11. The van der Waals surface area contributed by atoms with Gasteiger partial charge < -0.3 is 5.73 Å². The molecular weight excluding hydrogens is 256 g/mol. The Morgan fingerprint density at radius 3 is 2.14 bits per heavy atom. The van der Waals surface area contributed by atoms with Gasteiger partial charge in [-0.2, -0.15) is 0 Å². The molecule has 0 saturated heterocycles. The summed E-state index contributed by atoms with van der Waals surface area (Å²) >= 11 is 0. The van der Waals surface area contributed by atoms with Crippen molar-refractivity contribution in [3.8, 4) is 11.1 Å². The summed E-state index contributed by atoms with van der Waals surface area (Å²) in [4.78, 5) is 4.21. The van der Waals surface area contributed by atoms with Crippen molar-refractivity contribution in [3.05, 3.63) is 89.7 Å². The first kappa shape index (κ1) is 13.5. The van der Waals surface area contributed by atoms with Gasteiger partial charge in [-0.25, -0.2) is 0 Å². The topological polar surface area (TPSA) is 38.9 Å². The lowest BCUT2D eigenvalue weighted by molar-refractivity contribution is 0.864. The van der Waals surface area contributed by atoms with Gasteiger partial charge in [-0.3, -0.25) is 4.98 Å². The van der Waals surface area contributed by atoms with E-state index in [4.69, 9.17) is 5.73 Å². The summed E-state index contributed by atoms with van der Waals surface area (Å²) in [7, 11) is 0. The van der Waals surface area contributed by atoms with Crippen molar-refractivity contribution in [3.63, 3.8) is 0 Å². The molecule has 2 heteroatoms. The van der Waals surface area contributed by atoms with Crippen LogP contribution in [-0.2, 0) is 0 Å². The SMILES string of the molecule is Cc1cc(C(N)c2ccc(-c3ccccc3)cc2)ccn1. The van der Waals surface area contributed by atoms with Gasteiger partial charge in [-0.05, 0) is 41.3 Å². The van der Waals surface area contributed by atoms with Crippen LogP contribution in [0.25, 0.3) is 11.1 Å². The molecule has 3 aromatic rings. The fraction of sp³-hybridized carbons (Fsp3) is 0.105. The van der Waals surface area contributed by atoms with E-state index in [1.54, 1.807) is 0 Å². The standard InChI is InChI=1S/C19H18N2/c1-14-13-18(11-12-21-14)19(20)17-9-7-16(8-10-17)15-5-3-2-4-6-15/h2-13,19H,20H2,1H3. The molecule has 1 atom stereocenters. The molecular formula is C19H18N2. The molecule has 0 radical (unpaired) electrons. The first-order valence-corrected chi connectivity index (χ1v) is 7.07. The van der Waals surface area contributed by atoms with Gasteiger partial charge in [0, 0.05) is 11.9 Å². The Hall–Kier alpha value is -2.45. The van der Waals surface area contributed by atoms with E-state index in [9.17, 15) is 0 Å². The highest BCUT2D eigenvalue weighted by atomic mass is 14.7. The van der Waals surface area contributed by atoms with Gasteiger partial charge in [0.05, 0.1) is 6.04 Å². The molecule has 2 N–H and O–H groups in total. The van der Waals surface area contributed by atoms with Gasteiger partial charge in [0.1, 0.15) is 0 Å². The molecule has 0 saturated carbocycles. The summed E-state index contributed by atoms with van der Waals surface area (Å²) in [5.74, 6) is 0. The molecule has 0 amide bonds. The molecule has 0 spiro atoms. The Morgan fingerprint density at radius 2 is 1.48 bits per heavy atom. The number of hydrogen-bond acceptors (Lipinski definition) is 2. The Labute approximate surface area is 125 Å². The lowest BCUT2D eigenvalue weighted by Gasteiger charge is -2.13. The normalized spacial score (nSPS) is 12.1. The van der Waals surface area contributed by atoms with Crippen LogP contribution in [0, 0.1) is 6.92 Å². The number of aromatic nitrogens is 1. The molecule has 0 aliphatic carbocycles. The molecule has 2 nitrogen and oxygen atoms in total. The molecule has 1 unspecified atom stereocenters. The van der Waals surface area contributed by atoms with E-state index in [0.29, 0.717) is 0 Å². The number of nitrogens with zero attached hydrogens (tertiary/aromatic N) is 1. The zero-order valence-electron chi connectivity index (χ0n) is 12.0. The maximum Gasteiger partial charge on any atom is 0.0552 e. The Kier molecular flexibility index (Phi) is 3.80. The zero-order valence-corrected chi connectivity index (χ0v) is 12.0. The fourth-order valence-corrected chi connectivity index (χ4v) is 2.47. The minimum atomic E-state index is -0.114. The summed E-state index contributed by atoms with van der Waals surface area (Å²) in [6, 6.07) is 22.7. The summed E-state index contributed by atoms with van der Waals surface area (Å²) in [5, 5.41) is 0. The molecule has 104 valence electrons. The maximum absolute atomic E-state index is 6.35. The Morgan fingerprint density at radius 1 is 0.810 bits per heavy atom. The molecule has 3 rings (SSSR count). The van der Waals surface area contributed by atoms with Crippen LogP contribution in [0.4, 0.5) is 0 Å². The highest BCUT2D eigenvalue weighted by Gasteiger charge is 2.09. The first-order chi connectivity index (χ1) is 10.2. The van der Waals surface area contributed by atoms with Crippen LogP contribution in [0.15, 0.2) is 72.9 Å². The first-order valence-electron chi connectivity index (χ1n) is 7.07. The van der Waals surface area contributed by atoms with E-state index in [0.717, 1.165) is 16.8 Å². The average molecular weight is 274 g/mol. The quantitative estimate of drug-likeness (QED) is 0.780. The monoisotopic (exact) mass is 274 g/mol. The van der Waals surface area contributed by atoms with Crippen LogP contribution in [0.3, 0.4) is 0 Å². The van der Waals surface area contributed by atoms with E-state index in [-0.39, 0.29) is 6.04 Å². The predicted molar refractivity (Wildman–Crippen MR) is 86.9 cm³/mol. The van der Waals surface area contributed by atoms with Crippen molar-refractivity contribution in [1.29, 1.82) is 0 Å². The molecule has 0 aliphatic rings. The maximum atomic E-state index is 6.35. The van der Waals surface area contributed by atoms with Crippen LogP contribution in [0.2, 0.25) is 0 Å². The fourth-order valence-electron chi connectivity index (χ4n) is 2.47. The van der Waals surface area contributed by atoms with Gasteiger partial charge in [0.15, 0.2) is 0 Å². The Bertz CT molecular complexity index is 718. The number of hydrogen-bond donors (Lipinski definition) is 1. The van der Waals surface area contributed by atoms with E-state index in [2.05, 4.69) is 53.5 Å². The van der Waals surface area contributed by atoms with Crippen LogP contribution in [0.5, 0.6) is 0 Å². The van der Waals surface area contributed by atoms with Gasteiger partial charge in [0.2, 0.25) is 0 Å². The lowest BCUT2D eigenvalue weighted by Crippen LogP contribution is -2.12. The second kappa shape index (κ2) is 5.90. The second-order valence-electron chi connectivity index (χ2n) is 5.20. The zero-order chi connectivity index (χ0) is 14.7. The highest BCUT2D eigenvalue weighted by molar-refractivity contribution is 5.63. The van der Waals surface area contributed by atoms with Crippen molar-refractivity contribution >= 4 is 0 Å². The largest absolute Gasteiger partial charge is 0.320 e. The molecule has 0 aliphatic heterocycles. The van der Waals surface area contributed by atoms with Crippen LogP contribution in [-0.4, -0.2) is 4.98 Å². The van der Waals surface area contributed by atoms with Crippen molar-refractivity contribution in [2.45, 2.75) is 13.0 Å². The van der Waals surface area contributed by atoms with Crippen molar-refractivity contribution in [2.75, 3.05) is 0 Å². The lowest BCUT2D eigenvalue weighted by atomic mass is 9.97. The minimum Gasteiger partial charge on any atom is -0.320 e. The third-order valence-electron chi connectivity index (χ3n) is 3.66. The number of nitrogens with two attached hydrogens (primary N) is 1. The van der Waals surface area contributed by atoms with Gasteiger partial charge in [-0.1, -0.05) is 54.6 Å².